The lowest BCUT2D eigenvalue weighted by Gasteiger charge is -2.32. The van der Waals surface area contributed by atoms with Gasteiger partial charge in [0.1, 0.15) is 11.9 Å². The number of ether oxygens (including phenoxy) is 1. The molecule has 1 saturated heterocycles. The molecule has 1 fully saturated rings. The molecular formula is C14H19N3O. The van der Waals surface area contributed by atoms with E-state index in [2.05, 4.69) is 16.0 Å². The van der Waals surface area contributed by atoms with E-state index in [-0.39, 0.29) is 0 Å². The zero-order valence-electron chi connectivity index (χ0n) is 11.2. The number of pyridine rings is 1. The van der Waals surface area contributed by atoms with Crippen LogP contribution >= 0.6 is 0 Å². The Morgan fingerprint density at radius 1 is 1.39 bits per heavy atom. The molecule has 4 heteroatoms. The molecule has 0 radical (unpaired) electrons. The van der Waals surface area contributed by atoms with Crippen LogP contribution in [0.15, 0.2) is 6.07 Å². The summed E-state index contributed by atoms with van der Waals surface area (Å²) < 4.78 is 5.38. The topological polar surface area (TPSA) is 49.2 Å². The Morgan fingerprint density at radius 3 is 2.67 bits per heavy atom. The molecule has 0 atom stereocenters. The number of hydrogen-bond acceptors (Lipinski definition) is 4. The van der Waals surface area contributed by atoms with Gasteiger partial charge in [-0.15, -0.1) is 0 Å². The van der Waals surface area contributed by atoms with Crippen LogP contribution in [0.3, 0.4) is 0 Å². The van der Waals surface area contributed by atoms with Crippen LogP contribution in [0, 0.1) is 25.2 Å². The fraction of sp³-hybridized carbons (Fsp3) is 0.571. The van der Waals surface area contributed by atoms with Crippen molar-refractivity contribution in [2.75, 3.05) is 25.2 Å². The van der Waals surface area contributed by atoms with E-state index >= 15 is 0 Å². The molecule has 0 saturated carbocycles. The maximum Gasteiger partial charge on any atom is 0.147 e. The quantitative estimate of drug-likeness (QED) is 0.801. The second-order valence-electron chi connectivity index (χ2n) is 4.85. The zero-order chi connectivity index (χ0) is 13.1. The van der Waals surface area contributed by atoms with Crippen LogP contribution in [0.5, 0.6) is 0 Å². The third kappa shape index (κ3) is 2.46. The minimum Gasteiger partial charge on any atom is -0.381 e. The van der Waals surface area contributed by atoms with Gasteiger partial charge >= 0.3 is 0 Å². The van der Waals surface area contributed by atoms with Crippen molar-refractivity contribution in [1.82, 2.24) is 4.98 Å². The second kappa shape index (κ2) is 5.36. The molecule has 0 bridgehead atoms. The maximum atomic E-state index is 9.30. The second-order valence-corrected chi connectivity index (χ2v) is 4.85. The van der Waals surface area contributed by atoms with E-state index in [4.69, 9.17) is 4.74 Å². The molecule has 4 nitrogen and oxygen atoms in total. The van der Waals surface area contributed by atoms with Gasteiger partial charge in [-0.2, -0.15) is 5.26 Å². The van der Waals surface area contributed by atoms with E-state index in [9.17, 15) is 5.26 Å². The van der Waals surface area contributed by atoms with E-state index in [1.165, 1.54) is 0 Å². The van der Waals surface area contributed by atoms with E-state index in [0.29, 0.717) is 11.6 Å². The molecule has 0 aliphatic carbocycles. The van der Waals surface area contributed by atoms with Crippen LogP contribution in [0.1, 0.15) is 29.7 Å². The lowest BCUT2D eigenvalue weighted by atomic mass is 10.1. The van der Waals surface area contributed by atoms with Gasteiger partial charge in [-0.1, -0.05) is 0 Å². The molecule has 0 amide bonds. The molecule has 2 heterocycles. The highest BCUT2D eigenvalue weighted by atomic mass is 16.5. The van der Waals surface area contributed by atoms with Crippen molar-refractivity contribution in [1.29, 1.82) is 5.26 Å². The van der Waals surface area contributed by atoms with Gasteiger partial charge in [0.25, 0.3) is 0 Å². The molecule has 18 heavy (non-hydrogen) atoms. The highest BCUT2D eigenvalue weighted by molar-refractivity contribution is 5.58. The Bertz CT molecular complexity index is 473. The summed E-state index contributed by atoms with van der Waals surface area (Å²) in [5.41, 5.74) is 2.65. The maximum absolute atomic E-state index is 9.30. The van der Waals surface area contributed by atoms with Gasteiger partial charge in [0, 0.05) is 32.0 Å². The van der Waals surface area contributed by atoms with Crippen LogP contribution in [0.25, 0.3) is 0 Å². The van der Waals surface area contributed by atoms with Crippen LogP contribution in [0.4, 0.5) is 5.82 Å². The normalized spacial score (nSPS) is 16.3. The molecule has 0 N–H and O–H groups in total. The third-order valence-electron chi connectivity index (χ3n) is 3.51. The predicted molar refractivity (Wildman–Crippen MR) is 70.7 cm³/mol. The average Bonchev–Trinajstić information content (AvgIpc) is 2.38. The van der Waals surface area contributed by atoms with Crippen LogP contribution in [-0.2, 0) is 4.74 Å². The fourth-order valence-electron chi connectivity index (χ4n) is 2.46. The summed E-state index contributed by atoms with van der Waals surface area (Å²) >= 11 is 0. The van der Waals surface area contributed by atoms with Crippen molar-refractivity contribution >= 4 is 5.82 Å². The summed E-state index contributed by atoms with van der Waals surface area (Å²) in [7, 11) is 2.03. The molecule has 2 rings (SSSR count). The molecule has 0 spiro atoms. The van der Waals surface area contributed by atoms with Crippen molar-refractivity contribution in [3.63, 3.8) is 0 Å². The van der Waals surface area contributed by atoms with Crippen molar-refractivity contribution in [3.05, 3.63) is 22.9 Å². The molecule has 1 aromatic heterocycles. The number of nitriles is 1. The molecule has 1 aliphatic heterocycles. The van der Waals surface area contributed by atoms with E-state index in [1.807, 2.05) is 27.0 Å². The van der Waals surface area contributed by atoms with Crippen LogP contribution in [-0.4, -0.2) is 31.3 Å². The minimum atomic E-state index is 0.416. The molecule has 0 aromatic carbocycles. The standard InChI is InChI=1S/C14H19N3O/c1-10-8-11(2)16-14(13(10)9-15)17(3)12-4-6-18-7-5-12/h8,12H,4-7H2,1-3H3. The number of nitrogens with zero attached hydrogens (tertiary/aromatic N) is 3. The SMILES string of the molecule is Cc1cc(C)c(C#N)c(N(C)C2CCOCC2)n1. The van der Waals surface area contributed by atoms with Crippen LogP contribution < -0.4 is 4.90 Å². The van der Waals surface area contributed by atoms with Gasteiger partial charge in [0.2, 0.25) is 0 Å². The highest BCUT2D eigenvalue weighted by Gasteiger charge is 2.22. The molecule has 1 aliphatic rings. The Hall–Kier alpha value is -1.60. The Balaban J connectivity index is 2.34. The summed E-state index contributed by atoms with van der Waals surface area (Å²) in [5.74, 6) is 0.807. The summed E-state index contributed by atoms with van der Waals surface area (Å²) in [5, 5.41) is 9.30. The van der Waals surface area contributed by atoms with Gasteiger partial charge < -0.3 is 9.64 Å². The van der Waals surface area contributed by atoms with Gasteiger partial charge in [-0.05, 0) is 38.3 Å². The smallest absolute Gasteiger partial charge is 0.147 e. The van der Waals surface area contributed by atoms with Crippen molar-refractivity contribution in [2.24, 2.45) is 0 Å². The highest BCUT2D eigenvalue weighted by Crippen LogP contribution is 2.25. The zero-order valence-corrected chi connectivity index (χ0v) is 11.2. The van der Waals surface area contributed by atoms with E-state index < -0.39 is 0 Å². The largest absolute Gasteiger partial charge is 0.381 e. The lowest BCUT2D eigenvalue weighted by Crippen LogP contribution is -2.37. The Labute approximate surface area is 108 Å². The van der Waals surface area contributed by atoms with E-state index in [0.717, 1.165) is 43.1 Å². The summed E-state index contributed by atoms with van der Waals surface area (Å²) in [4.78, 5) is 6.68. The first-order chi connectivity index (χ1) is 8.63. The van der Waals surface area contributed by atoms with Crippen LogP contribution in [0.2, 0.25) is 0 Å². The fourth-order valence-corrected chi connectivity index (χ4v) is 2.46. The summed E-state index contributed by atoms with van der Waals surface area (Å²) in [6.45, 7) is 5.52. The van der Waals surface area contributed by atoms with Gasteiger partial charge in [0.15, 0.2) is 0 Å². The minimum absolute atomic E-state index is 0.416. The number of aryl methyl sites for hydroxylation is 2. The number of aromatic nitrogens is 1. The Morgan fingerprint density at radius 2 is 2.06 bits per heavy atom. The predicted octanol–water partition coefficient (Wildman–Crippen LogP) is 2.19. The van der Waals surface area contributed by atoms with Crippen molar-refractivity contribution in [3.8, 4) is 6.07 Å². The third-order valence-corrected chi connectivity index (χ3v) is 3.51. The monoisotopic (exact) mass is 245 g/mol. The van der Waals surface area contributed by atoms with Gasteiger partial charge in [-0.3, -0.25) is 0 Å². The molecular weight excluding hydrogens is 226 g/mol. The summed E-state index contributed by atoms with van der Waals surface area (Å²) in [6.07, 6.45) is 1.99. The van der Waals surface area contributed by atoms with Crippen molar-refractivity contribution < 1.29 is 4.74 Å². The molecule has 96 valence electrons. The molecule has 0 unspecified atom stereocenters. The van der Waals surface area contributed by atoms with Gasteiger partial charge in [-0.25, -0.2) is 4.98 Å². The number of hydrogen-bond donors (Lipinski definition) is 0. The first-order valence-corrected chi connectivity index (χ1v) is 6.32. The average molecular weight is 245 g/mol. The first kappa shape index (κ1) is 12.8. The van der Waals surface area contributed by atoms with E-state index in [1.54, 1.807) is 0 Å². The lowest BCUT2D eigenvalue weighted by molar-refractivity contribution is 0.0853. The number of anilines is 1. The van der Waals surface area contributed by atoms with Crippen molar-refractivity contribution in [2.45, 2.75) is 32.7 Å². The first-order valence-electron chi connectivity index (χ1n) is 6.32. The summed E-state index contributed by atoms with van der Waals surface area (Å²) in [6, 6.07) is 4.65. The Kier molecular flexibility index (Phi) is 3.83. The number of rotatable bonds is 2. The molecule has 1 aromatic rings. The van der Waals surface area contributed by atoms with Gasteiger partial charge in [0.05, 0.1) is 5.56 Å².